The molecular formula is C20H20BrN5O2. The van der Waals surface area contributed by atoms with Crippen LogP contribution in [0.2, 0.25) is 0 Å². The molecule has 0 bridgehead atoms. The van der Waals surface area contributed by atoms with Crippen LogP contribution in [0.15, 0.2) is 29.3 Å². The zero-order chi connectivity index (χ0) is 22.1. The standard InChI is InChI=1S/C20H20BrN5O2/c1-19(2)17(26-9-14-12(16(26)27)8-23-10-25-14)20(3,4)18(19)28-11-6-13(21)15(22-5)24-7-11/h6-8,10,17-18H,9H2,1-4H3/i9D2. The van der Waals surface area contributed by atoms with E-state index in [-0.39, 0.29) is 23.2 Å². The first kappa shape index (κ1) is 16.4. The van der Waals surface area contributed by atoms with Gasteiger partial charge in [0.1, 0.15) is 12.4 Å². The van der Waals surface area contributed by atoms with Crippen molar-refractivity contribution in [3.8, 4) is 5.75 Å². The van der Waals surface area contributed by atoms with E-state index in [4.69, 9.17) is 14.1 Å². The second-order valence-electron chi connectivity index (χ2n) is 8.20. The minimum Gasteiger partial charge on any atom is -0.485 e. The minimum atomic E-state index is -2.04. The fourth-order valence-electron chi connectivity index (χ4n) is 4.82. The van der Waals surface area contributed by atoms with Crippen LogP contribution in [0.4, 0.5) is 5.82 Å². The van der Waals surface area contributed by atoms with E-state index in [1.54, 1.807) is 6.07 Å². The highest BCUT2D eigenvalue weighted by atomic mass is 79.9. The molecule has 7 nitrogen and oxygen atoms in total. The van der Waals surface area contributed by atoms with E-state index >= 15 is 0 Å². The third kappa shape index (κ3) is 2.60. The summed E-state index contributed by atoms with van der Waals surface area (Å²) in [5.41, 5.74) is -0.831. The number of hydrogen-bond acceptors (Lipinski definition) is 5. The van der Waals surface area contributed by atoms with Gasteiger partial charge in [-0.1, -0.05) is 50.2 Å². The first-order valence-electron chi connectivity index (χ1n) is 9.77. The first-order valence-corrected chi connectivity index (χ1v) is 9.57. The SMILES string of the molecule is [2H]C1([2H])c2ncncc2C(=O)N1C1C(C)(C)C(Oc2cnc([N+]#[C-])c(Br)c2)C1(C)C. The molecule has 0 N–H and O–H groups in total. The van der Waals surface area contributed by atoms with Gasteiger partial charge in [0, 0.05) is 27.5 Å². The van der Waals surface area contributed by atoms with E-state index < -0.39 is 29.3 Å². The third-order valence-corrected chi connectivity index (χ3v) is 6.15. The number of halogens is 1. The second kappa shape index (κ2) is 6.24. The summed E-state index contributed by atoms with van der Waals surface area (Å²) in [6.07, 6.45) is 3.81. The third-order valence-electron chi connectivity index (χ3n) is 5.56. The Morgan fingerprint density at radius 3 is 2.64 bits per heavy atom. The van der Waals surface area contributed by atoms with Crippen LogP contribution in [0.5, 0.6) is 5.75 Å². The van der Waals surface area contributed by atoms with Crippen LogP contribution in [0, 0.1) is 17.4 Å². The Kier molecular flexibility index (Phi) is 3.66. The van der Waals surface area contributed by atoms with Gasteiger partial charge in [-0.3, -0.25) is 4.79 Å². The van der Waals surface area contributed by atoms with Crippen molar-refractivity contribution in [3.63, 3.8) is 0 Å². The highest BCUT2D eigenvalue weighted by Gasteiger charge is 2.67. The molecule has 1 amide bonds. The van der Waals surface area contributed by atoms with Gasteiger partial charge in [-0.15, -0.1) is 4.98 Å². The molecule has 2 aliphatic rings. The molecule has 2 aromatic heterocycles. The highest BCUT2D eigenvalue weighted by molar-refractivity contribution is 9.10. The lowest BCUT2D eigenvalue weighted by molar-refractivity contribution is -0.199. The summed E-state index contributed by atoms with van der Waals surface area (Å²) in [5.74, 6) is 0.344. The maximum Gasteiger partial charge on any atom is 0.284 e. The number of fused-ring (bicyclic) bond motifs is 1. The molecule has 1 saturated carbocycles. The van der Waals surface area contributed by atoms with Crippen molar-refractivity contribution in [1.82, 2.24) is 19.9 Å². The molecule has 0 spiro atoms. The zero-order valence-corrected chi connectivity index (χ0v) is 17.5. The van der Waals surface area contributed by atoms with Gasteiger partial charge in [0.25, 0.3) is 11.7 Å². The first-order chi connectivity index (χ1) is 13.9. The van der Waals surface area contributed by atoms with Crippen LogP contribution in [0.1, 0.15) is 46.5 Å². The van der Waals surface area contributed by atoms with E-state index in [9.17, 15) is 4.79 Å². The topological polar surface area (TPSA) is 72.6 Å². The van der Waals surface area contributed by atoms with Crippen molar-refractivity contribution in [1.29, 1.82) is 0 Å². The Hall–Kier alpha value is -2.53. The van der Waals surface area contributed by atoms with Crippen LogP contribution < -0.4 is 4.74 Å². The largest absolute Gasteiger partial charge is 0.485 e. The summed E-state index contributed by atoms with van der Waals surface area (Å²) >= 11 is 3.33. The molecule has 2 aromatic rings. The monoisotopic (exact) mass is 443 g/mol. The predicted molar refractivity (Wildman–Crippen MR) is 106 cm³/mol. The van der Waals surface area contributed by atoms with Crippen LogP contribution in [-0.4, -0.2) is 37.9 Å². The summed E-state index contributed by atoms with van der Waals surface area (Å²) in [7, 11) is 0. The number of rotatable bonds is 3. The van der Waals surface area contributed by atoms with Gasteiger partial charge in [-0.05, 0) is 6.07 Å². The molecule has 0 atom stereocenters. The van der Waals surface area contributed by atoms with Crippen LogP contribution >= 0.6 is 15.9 Å². The molecule has 0 unspecified atom stereocenters. The van der Waals surface area contributed by atoms with Gasteiger partial charge in [-0.25, -0.2) is 9.97 Å². The molecular weight excluding hydrogens is 422 g/mol. The van der Waals surface area contributed by atoms with Crippen molar-refractivity contribution < 1.29 is 12.3 Å². The number of aromatic nitrogens is 3. The molecule has 1 fully saturated rings. The summed E-state index contributed by atoms with van der Waals surface area (Å²) < 4.78 is 24.1. The van der Waals surface area contributed by atoms with Crippen LogP contribution in [-0.2, 0) is 6.50 Å². The summed E-state index contributed by atoms with van der Waals surface area (Å²) in [6, 6.07) is 1.26. The van der Waals surface area contributed by atoms with Gasteiger partial charge >= 0.3 is 0 Å². The Labute approximate surface area is 174 Å². The maximum absolute atomic E-state index is 13.1. The van der Waals surface area contributed by atoms with E-state index in [1.165, 1.54) is 23.6 Å². The Balaban J connectivity index is 1.67. The quantitative estimate of drug-likeness (QED) is 0.669. The lowest BCUT2D eigenvalue weighted by atomic mass is 9.49. The molecule has 0 radical (unpaired) electrons. The minimum absolute atomic E-state index is 0.0985. The van der Waals surface area contributed by atoms with Gasteiger partial charge in [0.05, 0.1) is 20.5 Å². The van der Waals surface area contributed by atoms with E-state index in [0.29, 0.717) is 10.2 Å². The normalized spacial score (nSPS) is 27.1. The smallest absolute Gasteiger partial charge is 0.284 e. The Morgan fingerprint density at radius 1 is 1.32 bits per heavy atom. The summed E-state index contributed by atoms with van der Waals surface area (Å²) in [5, 5.41) is 0. The van der Waals surface area contributed by atoms with Crippen molar-refractivity contribution >= 4 is 27.7 Å². The Morgan fingerprint density at radius 2 is 2.04 bits per heavy atom. The lowest BCUT2D eigenvalue weighted by Gasteiger charge is -2.65. The number of carbonyl (C=O) groups is 1. The van der Waals surface area contributed by atoms with Gasteiger partial charge in [0.15, 0.2) is 11.9 Å². The van der Waals surface area contributed by atoms with Gasteiger partial charge < -0.3 is 14.5 Å². The molecule has 0 saturated heterocycles. The molecule has 4 rings (SSSR count). The molecule has 3 heterocycles. The van der Waals surface area contributed by atoms with Crippen molar-refractivity contribution in [3.05, 3.63) is 51.9 Å². The van der Waals surface area contributed by atoms with E-state index in [0.717, 1.165) is 0 Å². The molecule has 0 aromatic carbocycles. The maximum atomic E-state index is 13.1. The number of amides is 1. The highest BCUT2D eigenvalue weighted by Crippen LogP contribution is 2.59. The number of nitrogens with zero attached hydrogens (tertiary/aromatic N) is 5. The average Bonchev–Trinajstić information content (AvgIpc) is 2.87. The van der Waals surface area contributed by atoms with Crippen molar-refractivity contribution in [2.45, 2.75) is 46.3 Å². The van der Waals surface area contributed by atoms with Gasteiger partial charge in [0.2, 0.25) is 0 Å². The molecule has 1 aliphatic heterocycles. The summed E-state index contributed by atoms with van der Waals surface area (Å²) in [4.78, 5) is 29.8. The number of pyridine rings is 1. The average molecular weight is 444 g/mol. The number of ether oxygens (including phenoxy) is 1. The van der Waals surface area contributed by atoms with E-state index in [2.05, 4.69) is 35.7 Å². The molecule has 144 valence electrons. The predicted octanol–water partition coefficient (Wildman–Crippen LogP) is 4.02. The second-order valence-corrected chi connectivity index (χ2v) is 9.06. The number of carbonyl (C=O) groups excluding carboxylic acids is 1. The van der Waals surface area contributed by atoms with Crippen molar-refractivity contribution in [2.75, 3.05) is 0 Å². The number of hydrogen-bond donors (Lipinski definition) is 0. The molecule has 1 aliphatic carbocycles. The van der Waals surface area contributed by atoms with Crippen LogP contribution in [0.3, 0.4) is 0 Å². The fraction of sp³-hybridized carbons (Fsp3) is 0.450. The summed E-state index contributed by atoms with van der Waals surface area (Å²) in [6.45, 7) is 12.9. The van der Waals surface area contributed by atoms with Crippen LogP contribution in [0.25, 0.3) is 4.85 Å². The lowest BCUT2D eigenvalue weighted by Crippen LogP contribution is -2.74. The fourth-order valence-corrected chi connectivity index (χ4v) is 5.24. The Bertz CT molecular complexity index is 1080. The zero-order valence-electron chi connectivity index (χ0n) is 17.9. The molecule has 8 heteroatoms. The van der Waals surface area contributed by atoms with E-state index in [1.807, 2.05) is 27.7 Å². The van der Waals surface area contributed by atoms with Crippen molar-refractivity contribution in [2.24, 2.45) is 10.8 Å². The van der Waals surface area contributed by atoms with Gasteiger partial charge in [-0.2, -0.15) is 0 Å². The molecule has 28 heavy (non-hydrogen) atoms.